The van der Waals surface area contributed by atoms with Crippen molar-refractivity contribution in [2.24, 2.45) is 5.92 Å². The van der Waals surface area contributed by atoms with E-state index in [0.29, 0.717) is 10.8 Å². The Kier molecular flexibility index (Phi) is 4.83. The van der Waals surface area contributed by atoms with E-state index in [4.69, 9.17) is 0 Å². The van der Waals surface area contributed by atoms with Crippen LogP contribution >= 0.6 is 0 Å². The lowest BCUT2D eigenvalue weighted by Gasteiger charge is -2.36. The maximum atomic E-state index is 13.3. The molecule has 122 valence electrons. The summed E-state index contributed by atoms with van der Waals surface area (Å²) in [5.74, 6) is 0.669. The van der Waals surface area contributed by atoms with E-state index in [2.05, 4.69) is 11.8 Å². The van der Waals surface area contributed by atoms with Gasteiger partial charge >= 0.3 is 0 Å². The van der Waals surface area contributed by atoms with E-state index in [1.165, 1.54) is 0 Å². The fraction of sp³-hybridized carbons (Fsp3) is 0.368. The lowest BCUT2D eigenvalue weighted by Crippen LogP contribution is -2.39. The van der Waals surface area contributed by atoms with E-state index in [9.17, 15) is 8.42 Å². The van der Waals surface area contributed by atoms with Gasteiger partial charge in [0.2, 0.25) is 0 Å². The zero-order chi connectivity index (χ0) is 16.3. The third-order valence-electron chi connectivity index (χ3n) is 4.60. The Balaban J connectivity index is 2.02. The highest BCUT2D eigenvalue weighted by atomic mass is 32.2. The van der Waals surface area contributed by atoms with E-state index >= 15 is 0 Å². The normalized spacial score (nSPS) is 18.7. The zero-order valence-electron chi connectivity index (χ0n) is 13.4. The molecule has 2 aromatic carbocycles. The summed E-state index contributed by atoms with van der Waals surface area (Å²) in [6.45, 7) is 3.89. The number of likely N-dealkylation sites (tertiary alicyclic amines) is 1. The molecular formula is C19H23NO2S. The van der Waals surface area contributed by atoms with Gasteiger partial charge in [0.15, 0.2) is 9.84 Å². The van der Waals surface area contributed by atoms with Gasteiger partial charge in [-0.25, -0.2) is 8.42 Å². The highest BCUT2D eigenvalue weighted by molar-refractivity contribution is 7.91. The first kappa shape index (κ1) is 16.2. The van der Waals surface area contributed by atoms with Gasteiger partial charge in [-0.2, -0.15) is 0 Å². The molecule has 0 amide bonds. The molecule has 2 aromatic rings. The predicted octanol–water partition coefficient (Wildman–Crippen LogP) is 3.89. The summed E-state index contributed by atoms with van der Waals surface area (Å²) in [4.78, 5) is 2.52. The molecule has 23 heavy (non-hydrogen) atoms. The van der Waals surface area contributed by atoms with Crippen LogP contribution in [0.25, 0.3) is 0 Å². The fourth-order valence-electron chi connectivity index (χ4n) is 3.21. The molecule has 1 aliphatic rings. The van der Waals surface area contributed by atoms with Crippen LogP contribution in [0.1, 0.15) is 30.7 Å². The number of nitrogens with zero attached hydrogens (tertiary/aromatic N) is 1. The molecule has 0 radical (unpaired) electrons. The second kappa shape index (κ2) is 6.85. The number of rotatable bonds is 4. The summed E-state index contributed by atoms with van der Waals surface area (Å²) >= 11 is 0. The van der Waals surface area contributed by atoms with Gasteiger partial charge in [-0.1, -0.05) is 55.5 Å². The summed E-state index contributed by atoms with van der Waals surface area (Å²) in [7, 11) is -3.45. The van der Waals surface area contributed by atoms with Crippen molar-refractivity contribution in [2.75, 3.05) is 13.1 Å². The van der Waals surface area contributed by atoms with Gasteiger partial charge in [-0.15, -0.1) is 0 Å². The largest absolute Gasteiger partial charge is 0.283 e. The Bertz CT molecular complexity index is 720. The van der Waals surface area contributed by atoms with Crippen LogP contribution in [0.5, 0.6) is 0 Å². The monoisotopic (exact) mass is 329 g/mol. The van der Waals surface area contributed by atoms with Crippen molar-refractivity contribution in [1.29, 1.82) is 0 Å². The smallest absolute Gasteiger partial charge is 0.198 e. The van der Waals surface area contributed by atoms with Crippen molar-refractivity contribution in [3.8, 4) is 0 Å². The molecule has 0 aliphatic carbocycles. The van der Waals surface area contributed by atoms with Gasteiger partial charge in [0.25, 0.3) is 0 Å². The molecule has 3 rings (SSSR count). The molecule has 1 fully saturated rings. The standard InChI is InChI=1S/C19H23NO2S/c1-16-12-14-20(15-13-16)19(17-8-4-2-5-9-17)23(21,22)18-10-6-3-7-11-18/h2-11,16,19H,12-15H2,1H3. The summed E-state index contributed by atoms with van der Waals surface area (Å²) in [5, 5.41) is -0.599. The maximum absolute atomic E-state index is 13.3. The minimum atomic E-state index is -3.45. The number of piperidine rings is 1. The zero-order valence-corrected chi connectivity index (χ0v) is 14.2. The Morgan fingerprint density at radius 1 is 0.913 bits per heavy atom. The van der Waals surface area contributed by atoms with E-state index in [0.717, 1.165) is 31.5 Å². The Hall–Kier alpha value is -1.65. The molecule has 0 bridgehead atoms. The average molecular weight is 329 g/mol. The van der Waals surface area contributed by atoms with E-state index in [-0.39, 0.29) is 0 Å². The van der Waals surface area contributed by atoms with Gasteiger partial charge in [-0.05, 0) is 49.5 Å². The molecule has 1 aliphatic heterocycles. The highest BCUT2D eigenvalue weighted by Gasteiger charge is 2.35. The summed E-state index contributed by atoms with van der Waals surface area (Å²) in [5.41, 5.74) is 0.853. The second-order valence-electron chi connectivity index (χ2n) is 6.34. The van der Waals surface area contributed by atoms with Crippen LogP contribution in [0, 0.1) is 5.92 Å². The Morgan fingerprint density at radius 2 is 1.43 bits per heavy atom. The molecule has 0 N–H and O–H groups in total. The minimum Gasteiger partial charge on any atom is -0.283 e. The van der Waals surface area contributed by atoms with E-state index < -0.39 is 15.2 Å². The van der Waals surface area contributed by atoms with E-state index in [1.54, 1.807) is 24.3 Å². The van der Waals surface area contributed by atoms with Crippen LogP contribution in [-0.4, -0.2) is 26.4 Å². The first-order chi connectivity index (χ1) is 11.1. The van der Waals surface area contributed by atoms with Gasteiger partial charge in [0, 0.05) is 0 Å². The third kappa shape index (κ3) is 3.48. The quantitative estimate of drug-likeness (QED) is 0.854. The first-order valence-corrected chi connectivity index (χ1v) is 9.71. The molecule has 0 aromatic heterocycles. The van der Waals surface area contributed by atoms with Crippen LogP contribution in [0.15, 0.2) is 65.6 Å². The van der Waals surface area contributed by atoms with Crippen molar-refractivity contribution in [3.05, 3.63) is 66.2 Å². The first-order valence-electron chi connectivity index (χ1n) is 8.17. The molecule has 1 saturated heterocycles. The lowest BCUT2D eigenvalue weighted by atomic mass is 9.99. The number of hydrogen-bond donors (Lipinski definition) is 0. The molecule has 4 heteroatoms. The van der Waals surface area contributed by atoms with Crippen molar-refractivity contribution >= 4 is 9.84 Å². The van der Waals surface area contributed by atoms with Gasteiger partial charge < -0.3 is 0 Å². The third-order valence-corrected chi connectivity index (χ3v) is 6.69. The molecular weight excluding hydrogens is 306 g/mol. The van der Waals surface area contributed by atoms with Crippen molar-refractivity contribution in [3.63, 3.8) is 0 Å². The van der Waals surface area contributed by atoms with Gasteiger partial charge in [-0.3, -0.25) is 4.90 Å². The topological polar surface area (TPSA) is 37.4 Å². The fourth-order valence-corrected chi connectivity index (χ4v) is 5.12. The van der Waals surface area contributed by atoms with Crippen LogP contribution in [-0.2, 0) is 9.84 Å². The minimum absolute atomic E-state index is 0.396. The number of benzene rings is 2. The van der Waals surface area contributed by atoms with Crippen LogP contribution in [0.2, 0.25) is 0 Å². The summed E-state index contributed by atoms with van der Waals surface area (Å²) in [6.07, 6.45) is 2.10. The predicted molar refractivity (Wildman–Crippen MR) is 92.8 cm³/mol. The van der Waals surface area contributed by atoms with Crippen LogP contribution in [0.3, 0.4) is 0 Å². The lowest BCUT2D eigenvalue weighted by molar-refractivity contribution is 0.174. The average Bonchev–Trinajstić information content (AvgIpc) is 2.58. The van der Waals surface area contributed by atoms with Crippen LogP contribution < -0.4 is 0 Å². The summed E-state index contributed by atoms with van der Waals surface area (Å²) in [6, 6.07) is 18.4. The van der Waals surface area contributed by atoms with E-state index in [1.807, 2.05) is 36.4 Å². The van der Waals surface area contributed by atoms with Gasteiger partial charge in [0.1, 0.15) is 5.37 Å². The van der Waals surface area contributed by atoms with Crippen molar-refractivity contribution in [2.45, 2.75) is 30.0 Å². The van der Waals surface area contributed by atoms with Crippen LogP contribution in [0.4, 0.5) is 0 Å². The molecule has 3 nitrogen and oxygen atoms in total. The molecule has 1 heterocycles. The summed E-state index contributed by atoms with van der Waals surface area (Å²) < 4.78 is 26.5. The Labute approximate surface area is 138 Å². The SMILES string of the molecule is CC1CCN(C(c2ccccc2)S(=O)(=O)c2ccccc2)CC1. The van der Waals surface area contributed by atoms with Gasteiger partial charge in [0.05, 0.1) is 4.90 Å². The molecule has 0 saturated carbocycles. The number of hydrogen-bond acceptors (Lipinski definition) is 3. The maximum Gasteiger partial charge on any atom is 0.198 e. The molecule has 0 spiro atoms. The molecule has 1 unspecified atom stereocenters. The second-order valence-corrected chi connectivity index (χ2v) is 8.35. The highest BCUT2D eigenvalue weighted by Crippen LogP contribution is 2.34. The number of sulfone groups is 1. The van der Waals surface area contributed by atoms with Crippen molar-refractivity contribution in [1.82, 2.24) is 4.90 Å². The Morgan fingerprint density at radius 3 is 2.00 bits per heavy atom. The molecule has 1 atom stereocenters. The van der Waals surface area contributed by atoms with Crippen molar-refractivity contribution < 1.29 is 8.42 Å².